The minimum atomic E-state index is -3.00. The zero-order chi connectivity index (χ0) is 35.6. The van der Waals surface area contributed by atoms with Gasteiger partial charge in [-0.2, -0.15) is 0 Å². The summed E-state index contributed by atoms with van der Waals surface area (Å²) in [6.07, 6.45) is 1.11. The molecule has 3 aromatic carbocycles. The van der Waals surface area contributed by atoms with Crippen LogP contribution >= 0.6 is 15.9 Å². The molecule has 12 heteroatoms. The molecule has 3 aromatic rings. The van der Waals surface area contributed by atoms with Gasteiger partial charge >= 0.3 is 0 Å². The van der Waals surface area contributed by atoms with E-state index in [1.54, 1.807) is 9.80 Å². The third-order valence-corrected chi connectivity index (χ3v) is 13.5. The molecule has 266 valence electrons. The molecule has 3 aliphatic rings. The fraction of sp³-hybridized carbons (Fsp3) is 0.447. The zero-order valence-electron chi connectivity index (χ0n) is 28.9. The molecule has 3 aliphatic heterocycles. The van der Waals surface area contributed by atoms with Crippen LogP contribution in [0.25, 0.3) is 0 Å². The van der Waals surface area contributed by atoms with Crippen molar-refractivity contribution in [2.75, 3.05) is 36.5 Å². The number of fused-ring (bicyclic) bond motifs is 2. The minimum Gasteiger partial charge on any atom is -0.432 e. The minimum absolute atomic E-state index is 0.00554. The van der Waals surface area contributed by atoms with Crippen LogP contribution < -0.4 is 15.5 Å². The van der Waals surface area contributed by atoms with Gasteiger partial charge in [-0.15, -0.1) is 0 Å². The van der Waals surface area contributed by atoms with E-state index in [2.05, 4.69) is 26.6 Å². The number of carbonyl (C=O) groups is 3. The van der Waals surface area contributed by atoms with Crippen molar-refractivity contribution in [3.05, 3.63) is 94.0 Å². The van der Waals surface area contributed by atoms with Crippen LogP contribution in [0.2, 0.25) is 18.6 Å². The summed E-state index contributed by atoms with van der Waals surface area (Å²) in [5.74, 6) is -0.905. The summed E-state index contributed by atoms with van der Waals surface area (Å²) in [5.41, 5.74) is 2.15. The van der Waals surface area contributed by atoms with Crippen LogP contribution in [-0.4, -0.2) is 73.2 Å². The number of ether oxygens (including phenoxy) is 1. The third-order valence-electron chi connectivity index (χ3n) is 10.5. The Labute approximate surface area is 303 Å². The van der Waals surface area contributed by atoms with Gasteiger partial charge < -0.3 is 35.1 Å². The predicted molar refractivity (Wildman–Crippen MR) is 199 cm³/mol. The third kappa shape index (κ3) is 7.33. The van der Waals surface area contributed by atoms with Crippen LogP contribution in [0.15, 0.2) is 77.3 Å². The van der Waals surface area contributed by atoms with Gasteiger partial charge in [-0.05, 0) is 73.9 Å². The monoisotopic (exact) mass is 762 g/mol. The average Bonchev–Trinajstić information content (AvgIpc) is 3.52. The Bertz CT molecular complexity index is 1700. The second-order valence-electron chi connectivity index (χ2n) is 14.4. The highest BCUT2D eigenvalue weighted by Crippen LogP contribution is 2.60. The summed E-state index contributed by atoms with van der Waals surface area (Å²) in [6.45, 7) is 7.85. The summed E-state index contributed by atoms with van der Waals surface area (Å²) >= 11 is 3.61. The van der Waals surface area contributed by atoms with Gasteiger partial charge in [-0.3, -0.25) is 14.4 Å². The molecule has 10 nitrogen and oxygen atoms in total. The van der Waals surface area contributed by atoms with Crippen LogP contribution in [0.4, 0.5) is 11.4 Å². The smallest absolute Gasteiger partial charge is 0.264 e. The van der Waals surface area contributed by atoms with Crippen LogP contribution in [-0.2, 0) is 37.8 Å². The van der Waals surface area contributed by atoms with Crippen LogP contribution in [0.5, 0.6) is 0 Å². The van der Waals surface area contributed by atoms with Gasteiger partial charge in [0.15, 0.2) is 13.9 Å². The summed E-state index contributed by atoms with van der Waals surface area (Å²) < 4.78 is 7.69. The lowest BCUT2D eigenvalue weighted by atomic mass is 9.82. The maximum atomic E-state index is 14.8. The highest BCUT2D eigenvalue weighted by molar-refractivity contribution is 9.10. The molecule has 3 heterocycles. The summed E-state index contributed by atoms with van der Waals surface area (Å²) in [5, 5.41) is 16.1. The number of halogens is 1. The average molecular weight is 764 g/mol. The zero-order valence-corrected chi connectivity index (χ0v) is 31.5. The van der Waals surface area contributed by atoms with Crippen LogP contribution in [0.3, 0.4) is 0 Å². The molecule has 0 saturated carbocycles. The second kappa shape index (κ2) is 15.1. The second-order valence-corrected chi connectivity index (χ2v) is 19.3. The number of rotatable bonds is 11. The van der Waals surface area contributed by atoms with E-state index in [4.69, 9.17) is 4.74 Å². The summed E-state index contributed by atoms with van der Waals surface area (Å²) in [7, 11) is -3.00. The predicted octanol–water partition coefficient (Wildman–Crippen LogP) is 5.14. The molecule has 0 aliphatic carbocycles. The van der Waals surface area contributed by atoms with E-state index in [1.165, 1.54) is 0 Å². The number of aliphatic hydroxyl groups is 1. The maximum Gasteiger partial charge on any atom is 0.264 e. The van der Waals surface area contributed by atoms with Crippen molar-refractivity contribution < 1.29 is 29.0 Å². The van der Waals surface area contributed by atoms with Crippen molar-refractivity contribution in [2.24, 2.45) is 11.8 Å². The Kier molecular flexibility index (Phi) is 11.0. The lowest BCUT2D eigenvalue weighted by Crippen LogP contribution is -2.46. The number of nitrogens with zero attached hydrogens (tertiary/aromatic N) is 2. The van der Waals surface area contributed by atoms with Crippen molar-refractivity contribution in [3.63, 3.8) is 0 Å². The first-order valence-corrected chi connectivity index (χ1v) is 21.3. The lowest BCUT2D eigenvalue weighted by molar-refractivity contribution is -0.150. The number of benzene rings is 3. The van der Waals surface area contributed by atoms with Crippen molar-refractivity contribution in [1.29, 1.82) is 0 Å². The first kappa shape index (κ1) is 36.4. The molecule has 0 aromatic heterocycles. The first-order chi connectivity index (χ1) is 23.9. The Morgan fingerprint density at radius 2 is 1.84 bits per heavy atom. The molecule has 1 spiro atoms. The van der Waals surface area contributed by atoms with E-state index in [-0.39, 0.29) is 49.8 Å². The van der Waals surface area contributed by atoms with E-state index in [1.807, 2.05) is 92.8 Å². The van der Waals surface area contributed by atoms with Crippen molar-refractivity contribution in [1.82, 2.24) is 10.2 Å². The largest absolute Gasteiger partial charge is 0.432 e. The van der Waals surface area contributed by atoms with E-state index < -0.39 is 31.5 Å². The molecular formula is C38H47BrN4O6Si. The number of aliphatic hydroxyl groups excluding tert-OH is 1. The van der Waals surface area contributed by atoms with Gasteiger partial charge in [0.25, 0.3) is 5.91 Å². The highest BCUT2D eigenvalue weighted by Gasteiger charge is 2.66. The Morgan fingerprint density at radius 3 is 2.50 bits per heavy atom. The Morgan fingerprint density at radius 1 is 1.10 bits per heavy atom. The Hall–Kier alpha value is -3.39. The molecule has 1 unspecified atom stereocenters. The van der Waals surface area contributed by atoms with E-state index in [9.17, 15) is 24.3 Å². The van der Waals surface area contributed by atoms with Gasteiger partial charge in [0.05, 0.1) is 37.3 Å². The van der Waals surface area contributed by atoms with Crippen molar-refractivity contribution in [3.8, 4) is 0 Å². The number of nitrogens with one attached hydrogen (secondary N) is 2. The molecule has 50 heavy (non-hydrogen) atoms. The number of amides is 3. The van der Waals surface area contributed by atoms with E-state index in [0.717, 1.165) is 40.7 Å². The summed E-state index contributed by atoms with van der Waals surface area (Å²) in [6, 6.07) is 22.9. The number of carbonyl (C=O) groups excluding carboxylic acids is 3. The number of piperidine rings is 1. The molecule has 4 N–H and O–H groups in total. The van der Waals surface area contributed by atoms with Gasteiger partial charge in [-0.1, -0.05) is 65.3 Å². The molecule has 0 bridgehead atoms. The maximum absolute atomic E-state index is 14.8. The molecule has 3 amide bonds. The number of hydrogen-bond acceptors (Lipinski definition) is 7. The normalized spacial score (nSPS) is 24.8. The molecule has 6 rings (SSSR count). The van der Waals surface area contributed by atoms with Crippen molar-refractivity contribution >= 4 is 53.3 Å². The van der Waals surface area contributed by atoms with Gasteiger partial charge in [-0.25, -0.2) is 0 Å². The van der Waals surface area contributed by atoms with Crippen LogP contribution in [0.1, 0.15) is 42.9 Å². The topological polar surface area (TPSA) is 131 Å². The molecule has 0 radical (unpaired) electrons. The van der Waals surface area contributed by atoms with Gasteiger partial charge in [0.2, 0.25) is 11.8 Å². The number of hydrogen-bond donors (Lipinski definition) is 4. The van der Waals surface area contributed by atoms with E-state index >= 15 is 0 Å². The van der Waals surface area contributed by atoms with Crippen LogP contribution in [0, 0.1) is 11.8 Å². The summed E-state index contributed by atoms with van der Waals surface area (Å²) in [4.78, 5) is 56.5. The standard InChI is InChI=1S/C38H47BrN4O6Si/c1-25-35(50(2,3)48)33(21-34(45)42(18-19-44)23-26-8-5-4-6-9-26)49-38(25)31-20-29(39)13-16-32(31)43(37(38)47)24-27-11-14-30(15-12-27)41-36(46)28-10-7-17-40-22-28/h4-6,8-9,11-16,20,25,28,33,35,40,44,48H,7,10,17-19,21-24H2,1-3H3,(H,41,46)/t25-,28?,33+,35-,38+/m0/s1. The van der Waals surface area contributed by atoms with Gasteiger partial charge in [0.1, 0.15) is 0 Å². The quantitative estimate of drug-likeness (QED) is 0.199. The first-order valence-electron chi connectivity index (χ1n) is 17.5. The molecule has 2 saturated heterocycles. The fourth-order valence-corrected chi connectivity index (χ4v) is 11.0. The SMILES string of the molecule is C[C@H]1[C@H]([Si](C)(C)O)[C@@H](CC(=O)N(CCO)Cc2ccccc2)O[C@]12C(=O)N(Cc1ccc(NC(=O)C3CCCNC3)cc1)c1ccc(Br)cc12. The molecule has 5 atom stereocenters. The highest BCUT2D eigenvalue weighted by atomic mass is 79.9. The van der Waals surface area contributed by atoms with Crippen molar-refractivity contribution in [2.45, 2.75) is 69.6 Å². The van der Waals surface area contributed by atoms with Gasteiger partial charge in [0, 0.05) is 46.8 Å². The fourth-order valence-electron chi connectivity index (χ4n) is 8.12. The Balaban J connectivity index is 1.26. The molecular weight excluding hydrogens is 716 g/mol. The molecule has 2 fully saturated rings. The number of anilines is 2. The van der Waals surface area contributed by atoms with E-state index in [0.29, 0.717) is 24.3 Å². The lowest BCUT2D eigenvalue weighted by Gasteiger charge is -2.32.